The fourth-order valence-electron chi connectivity index (χ4n) is 3.86. The van der Waals surface area contributed by atoms with Crippen LogP contribution >= 0.6 is 0 Å². The van der Waals surface area contributed by atoms with Crippen molar-refractivity contribution in [2.75, 3.05) is 0 Å². The number of nitrogens with two attached hydrogens (primary N) is 1. The van der Waals surface area contributed by atoms with Crippen LogP contribution in [0.2, 0.25) is 0 Å². The molecule has 2 unspecified atom stereocenters. The van der Waals surface area contributed by atoms with Crippen molar-refractivity contribution in [2.24, 2.45) is 23.5 Å². The van der Waals surface area contributed by atoms with Crippen LogP contribution in [-0.4, -0.2) is 5.54 Å². The van der Waals surface area contributed by atoms with Crippen LogP contribution in [0.4, 0.5) is 0 Å². The Bertz CT molecular complexity index is 164. The van der Waals surface area contributed by atoms with E-state index < -0.39 is 0 Å². The summed E-state index contributed by atoms with van der Waals surface area (Å²) in [6.07, 6.45) is 6.40. The Morgan fingerprint density at radius 2 is 1.50 bits per heavy atom. The molecule has 1 aliphatic rings. The van der Waals surface area contributed by atoms with E-state index >= 15 is 0 Å². The Morgan fingerprint density at radius 1 is 1.00 bits per heavy atom. The lowest BCUT2D eigenvalue weighted by atomic mass is 9.48. The molecule has 2 N–H and O–H groups in total. The Morgan fingerprint density at radius 3 is 1.79 bits per heavy atom. The van der Waals surface area contributed by atoms with Crippen LogP contribution in [0.15, 0.2) is 0 Å². The SMILES string of the molecule is CCCC1C(CC)C(N)(CC)C1CC. The lowest BCUT2D eigenvalue weighted by Gasteiger charge is -2.60. The average molecular weight is 197 g/mol. The topological polar surface area (TPSA) is 26.0 Å². The van der Waals surface area contributed by atoms with Crippen molar-refractivity contribution in [3.63, 3.8) is 0 Å². The molecule has 0 amide bonds. The highest BCUT2D eigenvalue weighted by Gasteiger charge is 2.55. The Kier molecular flexibility index (Phi) is 4.00. The molecule has 1 nitrogen and oxygen atoms in total. The van der Waals surface area contributed by atoms with Crippen LogP contribution in [-0.2, 0) is 0 Å². The van der Waals surface area contributed by atoms with Gasteiger partial charge in [0.25, 0.3) is 0 Å². The molecule has 1 aliphatic carbocycles. The number of rotatable bonds is 5. The van der Waals surface area contributed by atoms with Crippen LogP contribution in [0.3, 0.4) is 0 Å². The molecule has 1 heteroatoms. The van der Waals surface area contributed by atoms with E-state index in [1.165, 1.54) is 25.7 Å². The van der Waals surface area contributed by atoms with Crippen LogP contribution in [0.25, 0.3) is 0 Å². The quantitative estimate of drug-likeness (QED) is 0.716. The maximum atomic E-state index is 6.53. The summed E-state index contributed by atoms with van der Waals surface area (Å²) >= 11 is 0. The third-order valence-corrected chi connectivity index (χ3v) is 4.53. The van der Waals surface area contributed by atoms with Gasteiger partial charge in [0.05, 0.1) is 0 Å². The fourth-order valence-corrected chi connectivity index (χ4v) is 3.86. The molecule has 0 aliphatic heterocycles. The van der Waals surface area contributed by atoms with Crippen molar-refractivity contribution >= 4 is 0 Å². The summed E-state index contributed by atoms with van der Waals surface area (Å²) in [7, 11) is 0. The van der Waals surface area contributed by atoms with Gasteiger partial charge in [0.1, 0.15) is 0 Å². The maximum Gasteiger partial charge on any atom is 0.0214 e. The van der Waals surface area contributed by atoms with E-state index in [1.807, 2.05) is 0 Å². The van der Waals surface area contributed by atoms with Crippen molar-refractivity contribution in [3.8, 4) is 0 Å². The van der Waals surface area contributed by atoms with E-state index in [0.717, 1.165) is 24.2 Å². The first kappa shape index (κ1) is 12.0. The number of hydrogen-bond acceptors (Lipinski definition) is 1. The first-order chi connectivity index (χ1) is 6.65. The van der Waals surface area contributed by atoms with Crippen LogP contribution in [0, 0.1) is 17.8 Å². The highest BCUT2D eigenvalue weighted by molar-refractivity contribution is 5.10. The molecule has 0 heterocycles. The number of hydrogen-bond donors (Lipinski definition) is 1. The van der Waals surface area contributed by atoms with Gasteiger partial charge >= 0.3 is 0 Å². The Labute approximate surface area is 89.5 Å². The second-order valence-corrected chi connectivity index (χ2v) is 4.95. The molecule has 0 saturated heterocycles. The predicted molar refractivity (Wildman–Crippen MR) is 63.2 cm³/mol. The minimum absolute atomic E-state index is 0.170. The summed E-state index contributed by atoms with van der Waals surface area (Å²) in [5, 5.41) is 0. The van der Waals surface area contributed by atoms with Gasteiger partial charge in [0.15, 0.2) is 0 Å². The van der Waals surface area contributed by atoms with Crippen molar-refractivity contribution in [3.05, 3.63) is 0 Å². The summed E-state index contributed by atoms with van der Waals surface area (Å²) in [6, 6.07) is 0. The van der Waals surface area contributed by atoms with Crippen LogP contribution in [0.1, 0.15) is 59.8 Å². The zero-order chi connectivity index (χ0) is 10.8. The first-order valence-corrected chi connectivity index (χ1v) is 6.44. The van der Waals surface area contributed by atoms with Gasteiger partial charge in [0, 0.05) is 5.54 Å². The van der Waals surface area contributed by atoms with Crippen LogP contribution in [0.5, 0.6) is 0 Å². The first-order valence-electron chi connectivity index (χ1n) is 6.44. The monoisotopic (exact) mass is 197 g/mol. The van der Waals surface area contributed by atoms with Crippen molar-refractivity contribution in [2.45, 2.75) is 65.3 Å². The molecule has 0 aromatic heterocycles. The highest BCUT2D eigenvalue weighted by Crippen LogP contribution is 2.54. The fraction of sp³-hybridized carbons (Fsp3) is 1.00. The molecule has 1 saturated carbocycles. The lowest BCUT2D eigenvalue weighted by molar-refractivity contribution is -0.0626. The van der Waals surface area contributed by atoms with Gasteiger partial charge in [0.2, 0.25) is 0 Å². The average Bonchev–Trinajstić information content (AvgIpc) is 2.18. The highest BCUT2D eigenvalue weighted by atomic mass is 14.9. The molecular formula is C13H27N. The van der Waals surface area contributed by atoms with E-state index in [9.17, 15) is 0 Å². The normalized spacial score (nSPS) is 42.2. The molecule has 1 fully saturated rings. The summed E-state index contributed by atoms with van der Waals surface area (Å²) in [5.74, 6) is 2.50. The zero-order valence-corrected chi connectivity index (χ0v) is 10.3. The van der Waals surface area contributed by atoms with Crippen LogP contribution < -0.4 is 5.73 Å². The molecule has 1 rings (SSSR count). The summed E-state index contributed by atoms with van der Waals surface area (Å²) in [4.78, 5) is 0. The van der Waals surface area contributed by atoms with Gasteiger partial charge in [-0.2, -0.15) is 0 Å². The van der Waals surface area contributed by atoms with Gasteiger partial charge in [-0.05, 0) is 24.2 Å². The zero-order valence-electron chi connectivity index (χ0n) is 10.3. The minimum atomic E-state index is 0.170. The minimum Gasteiger partial charge on any atom is -0.325 e. The third-order valence-electron chi connectivity index (χ3n) is 4.53. The Hall–Kier alpha value is -0.0400. The van der Waals surface area contributed by atoms with E-state index in [-0.39, 0.29) is 5.54 Å². The summed E-state index contributed by atoms with van der Waals surface area (Å²) in [6.45, 7) is 9.16. The van der Waals surface area contributed by atoms with E-state index in [2.05, 4.69) is 27.7 Å². The van der Waals surface area contributed by atoms with Crippen molar-refractivity contribution < 1.29 is 0 Å². The lowest BCUT2D eigenvalue weighted by Crippen LogP contribution is -2.67. The van der Waals surface area contributed by atoms with Gasteiger partial charge in [-0.1, -0.05) is 53.4 Å². The predicted octanol–water partition coefficient (Wildman–Crippen LogP) is 3.58. The second-order valence-electron chi connectivity index (χ2n) is 4.95. The maximum absolute atomic E-state index is 6.53. The summed E-state index contributed by atoms with van der Waals surface area (Å²) in [5.41, 5.74) is 6.70. The van der Waals surface area contributed by atoms with Crippen molar-refractivity contribution in [1.82, 2.24) is 0 Å². The van der Waals surface area contributed by atoms with Gasteiger partial charge in [-0.25, -0.2) is 0 Å². The van der Waals surface area contributed by atoms with E-state index in [4.69, 9.17) is 5.73 Å². The molecule has 2 atom stereocenters. The van der Waals surface area contributed by atoms with Crippen molar-refractivity contribution in [1.29, 1.82) is 0 Å². The molecule has 84 valence electrons. The molecule has 14 heavy (non-hydrogen) atoms. The third kappa shape index (κ3) is 1.60. The summed E-state index contributed by atoms with van der Waals surface area (Å²) < 4.78 is 0. The second kappa shape index (κ2) is 4.65. The largest absolute Gasteiger partial charge is 0.325 e. The molecular weight excluding hydrogens is 170 g/mol. The van der Waals surface area contributed by atoms with E-state index in [0.29, 0.717) is 0 Å². The van der Waals surface area contributed by atoms with E-state index in [1.54, 1.807) is 0 Å². The smallest absolute Gasteiger partial charge is 0.0214 e. The van der Waals surface area contributed by atoms with Gasteiger partial charge in [-0.15, -0.1) is 0 Å². The van der Waals surface area contributed by atoms with Gasteiger partial charge < -0.3 is 5.73 Å². The molecule has 0 radical (unpaired) electrons. The molecule has 0 aromatic carbocycles. The molecule has 0 spiro atoms. The standard InChI is InChI=1S/C13H27N/c1-5-9-10-11(6-2)13(14,8-4)12(10)7-3/h10-12H,5-9,14H2,1-4H3. The molecule has 0 aromatic rings. The van der Waals surface area contributed by atoms with Gasteiger partial charge in [-0.3, -0.25) is 0 Å². The molecule has 0 bridgehead atoms. The Balaban J connectivity index is 2.70.